The minimum Gasteiger partial charge on any atom is -0.430 e. The average molecular weight is 163 g/mol. The van der Waals surface area contributed by atoms with E-state index in [1.54, 1.807) is 0 Å². The van der Waals surface area contributed by atoms with Crippen molar-refractivity contribution in [2.75, 3.05) is 0 Å². The van der Waals surface area contributed by atoms with Crippen molar-refractivity contribution in [2.24, 2.45) is 0 Å². The summed E-state index contributed by atoms with van der Waals surface area (Å²) in [6, 6.07) is 10.3. The minimum atomic E-state index is -0.750. The quantitative estimate of drug-likeness (QED) is 0.492. The van der Waals surface area contributed by atoms with Crippen molar-refractivity contribution < 1.29 is 10.0 Å². The second kappa shape index (κ2) is 4.59. The molecule has 0 bridgehead atoms. The molecule has 3 nitrogen and oxygen atoms in total. The van der Waals surface area contributed by atoms with Crippen LogP contribution in [0.3, 0.4) is 0 Å². The minimum absolute atomic E-state index is 0.750. The average Bonchev–Trinajstić information content (AvgIpc) is 2.52. The van der Waals surface area contributed by atoms with E-state index in [9.17, 15) is 0 Å². The van der Waals surface area contributed by atoms with Crippen LogP contribution in [0.5, 0.6) is 0 Å². The molecule has 1 aromatic carbocycles. The highest BCUT2D eigenvalue weighted by molar-refractivity contribution is 6.13. The van der Waals surface area contributed by atoms with Crippen LogP contribution in [-0.2, 0) is 0 Å². The zero-order valence-corrected chi connectivity index (χ0v) is 6.57. The molecule has 1 heterocycles. The van der Waals surface area contributed by atoms with E-state index in [1.807, 2.05) is 18.3 Å². The summed E-state index contributed by atoms with van der Waals surface area (Å²) in [5, 5.41) is 15.5. The third-order valence-corrected chi connectivity index (χ3v) is 1.46. The maximum absolute atomic E-state index is 7.12. The molecule has 1 aromatic heterocycles. The van der Waals surface area contributed by atoms with Gasteiger partial charge in [0.15, 0.2) is 0 Å². The SMILES string of the molecule is OBO.c1ccc2[nH]ccc2c1. The standard InChI is InChI=1S/C8H7N.BH3O2/c1-2-4-8-7(3-1)5-6-9-8;2-1-3/h1-6,9H;1-3H. The first-order valence-corrected chi connectivity index (χ1v) is 3.62. The van der Waals surface area contributed by atoms with Gasteiger partial charge in [-0.1, -0.05) is 18.2 Å². The second-order valence-corrected chi connectivity index (χ2v) is 2.21. The molecule has 0 aliphatic rings. The molecule has 0 saturated carbocycles. The smallest absolute Gasteiger partial charge is 0.430 e. The first-order chi connectivity index (χ1) is 5.88. The van der Waals surface area contributed by atoms with Crippen LogP contribution >= 0.6 is 0 Å². The fourth-order valence-corrected chi connectivity index (χ4v) is 0.995. The van der Waals surface area contributed by atoms with E-state index in [2.05, 4.69) is 23.2 Å². The molecule has 62 valence electrons. The van der Waals surface area contributed by atoms with Gasteiger partial charge in [-0.05, 0) is 17.5 Å². The van der Waals surface area contributed by atoms with E-state index >= 15 is 0 Å². The van der Waals surface area contributed by atoms with Crippen molar-refractivity contribution >= 4 is 18.6 Å². The van der Waals surface area contributed by atoms with Gasteiger partial charge in [0, 0.05) is 11.7 Å². The van der Waals surface area contributed by atoms with Gasteiger partial charge in [-0.15, -0.1) is 0 Å². The Morgan fingerprint density at radius 3 is 2.42 bits per heavy atom. The summed E-state index contributed by atoms with van der Waals surface area (Å²) in [6.45, 7) is 0. The van der Waals surface area contributed by atoms with E-state index in [0.29, 0.717) is 0 Å². The van der Waals surface area contributed by atoms with Crippen LogP contribution in [0, 0.1) is 0 Å². The molecular formula is C8H10BNO2. The Kier molecular flexibility index (Phi) is 3.38. The first-order valence-electron chi connectivity index (χ1n) is 3.62. The molecule has 0 fully saturated rings. The largest absolute Gasteiger partial charge is 0.432 e. The molecular weight excluding hydrogens is 153 g/mol. The molecule has 0 atom stereocenters. The third kappa shape index (κ3) is 2.12. The van der Waals surface area contributed by atoms with Gasteiger partial charge in [0.25, 0.3) is 0 Å². The highest BCUT2D eigenvalue weighted by Crippen LogP contribution is 2.09. The third-order valence-electron chi connectivity index (χ3n) is 1.46. The highest BCUT2D eigenvalue weighted by atomic mass is 16.4. The number of rotatable bonds is 0. The van der Waals surface area contributed by atoms with Crippen LogP contribution < -0.4 is 0 Å². The number of fused-ring (bicyclic) bond motifs is 1. The lowest BCUT2D eigenvalue weighted by Gasteiger charge is -1.83. The van der Waals surface area contributed by atoms with Gasteiger partial charge in [0.1, 0.15) is 0 Å². The second-order valence-electron chi connectivity index (χ2n) is 2.21. The van der Waals surface area contributed by atoms with Crippen LogP contribution in [0.4, 0.5) is 0 Å². The Hall–Kier alpha value is -1.26. The molecule has 0 unspecified atom stereocenters. The van der Waals surface area contributed by atoms with Crippen molar-refractivity contribution in [2.45, 2.75) is 0 Å². The summed E-state index contributed by atoms with van der Waals surface area (Å²) in [5.74, 6) is 0. The Labute approximate surface area is 71.0 Å². The van der Waals surface area contributed by atoms with Gasteiger partial charge in [-0.25, -0.2) is 0 Å². The Balaban J connectivity index is 0.000000213. The zero-order chi connectivity index (χ0) is 8.81. The van der Waals surface area contributed by atoms with Crippen molar-refractivity contribution in [1.29, 1.82) is 0 Å². The number of hydrogen-bond acceptors (Lipinski definition) is 2. The monoisotopic (exact) mass is 163 g/mol. The number of aromatic amines is 1. The molecule has 0 aliphatic carbocycles. The lowest BCUT2D eigenvalue weighted by atomic mass is 10.3. The summed E-state index contributed by atoms with van der Waals surface area (Å²) < 4.78 is 0. The van der Waals surface area contributed by atoms with Gasteiger partial charge < -0.3 is 15.0 Å². The van der Waals surface area contributed by atoms with Crippen LogP contribution in [0.25, 0.3) is 10.9 Å². The van der Waals surface area contributed by atoms with E-state index < -0.39 is 7.69 Å². The number of hydrogen-bond donors (Lipinski definition) is 3. The first kappa shape index (κ1) is 8.84. The molecule has 0 radical (unpaired) electrons. The Bertz CT molecular complexity index is 304. The number of para-hydroxylation sites is 1. The highest BCUT2D eigenvalue weighted by Gasteiger charge is 1.86. The summed E-state index contributed by atoms with van der Waals surface area (Å²) in [7, 11) is -0.750. The van der Waals surface area contributed by atoms with Crippen molar-refractivity contribution in [3.05, 3.63) is 36.5 Å². The van der Waals surface area contributed by atoms with Gasteiger partial charge in [0.05, 0.1) is 0 Å². The van der Waals surface area contributed by atoms with Crippen LogP contribution in [0.15, 0.2) is 36.5 Å². The summed E-state index contributed by atoms with van der Waals surface area (Å²) in [6.07, 6.45) is 1.95. The molecule has 4 heteroatoms. The summed E-state index contributed by atoms with van der Waals surface area (Å²) in [4.78, 5) is 3.12. The van der Waals surface area contributed by atoms with E-state index in [1.165, 1.54) is 10.9 Å². The van der Waals surface area contributed by atoms with Gasteiger partial charge in [-0.2, -0.15) is 0 Å². The number of benzene rings is 1. The number of nitrogens with one attached hydrogen (secondary N) is 1. The van der Waals surface area contributed by atoms with Crippen LogP contribution in [-0.4, -0.2) is 22.7 Å². The van der Waals surface area contributed by atoms with Gasteiger partial charge >= 0.3 is 7.69 Å². The molecule has 0 spiro atoms. The molecule has 0 aliphatic heterocycles. The fourth-order valence-electron chi connectivity index (χ4n) is 0.995. The number of aromatic nitrogens is 1. The van der Waals surface area contributed by atoms with E-state index in [0.717, 1.165) is 0 Å². The lowest BCUT2D eigenvalue weighted by molar-refractivity contribution is 0.448. The Morgan fingerprint density at radius 1 is 1.08 bits per heavy atom. The molecule has 2 aromatic rings. The summed E-state index contributed by atoms with van der Waals surface area (Å²) in [5.41, 5.74) is 1.21. The molecule has 3 N–H and O–H groups in total. The van der Waals surface area contributed by atoms with E-state index in [-0.39, 0.29) is 0 Å². The summed E-state index contributed by atoms with van der Waals surface area (Å²) >= 11 is 0. The molecule has 0 saturated heterocycles. The molecule has 0 amide bonds. The van der Waals surface area contributed by atoms with Gasteiger partial charge in [0.2, 0.25) is 0 Å². The predicted molar refractivity (Wildman–Crippen MR) is 49.9 cm³/mol. The van der Waals surface area contributed by atoms with E-state index in [4.69, 9.17) is 10.0 Å². The van der Waals surface area contributed by atoms with Crippen LogP contribution in [0.2, 0.25) is 0 Å². The predicted octanol–water partition coefficient (Wildman–Crippen LogP) is 0.405. The zero-order valence-electron chi connectivity index (χ0n) is 6.57. The van der Waals surface area contributed by atoms with Crippen LogP contribution in [0.1, 0.15) is 0 Å². The van der Waals surface area contributed by atoms with Crippen molar-refractivity contribution in [1.82, 2.24) is 4.98 Å². The molecule has 2 rings (SSSR count). The van der Waals surface area contributed by atoms with Crippen molar-refractivity contribution in [3.8, 4) is 0 Å². The molecule has 12 heavy (non-hydrogen) atoms. The van der Waals surface area contributed by atoms with Crippen molar-refractivity contribution in [3.63, 3.8) is 0 Å². The fraction of sp³-hybridized carbons (Fsp3) is 0. The maximum atomic E-state index is 7.12. The normalized spacial score (nSPS) is 8.83. The van der Waals surface area contributed by atoms with Gasteiger partial charge in [-0.3, -0.25) is 0 Å². The lowest BCUT2D eigenvalue weighted by Crippen LogP contribution is -1.75. The Morgan fingerprint density at radius 2 is 1.75 bits per heavy atom. The topological polar surface area (TPSA) is 56.2 Å². The number of H-pyrrole nitrogens is 1. The maximum Gasteiger partial charge on any atom is 0.432 e.